The number of amidine groups is 1. The third kappa shape index (κ3) is 1.82. The molecule has 1 fully saturated rings. The minimum absolute atomic E-state index is 0.195. The summed E-state index contributed by atoms with van der Waals surface area (Å²) in [6.45, 7) is 1.23. The Morgan fingerprint density at radius 2 is 2.28 bits per heavy atom. The summed E-state index contributed by atoms with van der Waals surface area (Å²) in [7, 11) is 0. The van der Waals surface area contributed by atoms with Gasteiger partial charge < -0.3 is 10.5 Å². The summed E-state index contributed by atoms with van der Waals surface area (Å²) in [6.07, 6.45) is 0.694. The van der Waals surface area contributed by atoms with E-state index in [9.17, 15) is 4.39 Å². The van der Waals surface area contributed by atoms with Gasteiger partial charge in [0.25, 0.3) is 0 Å². The van der Waals surface area contributed by atoms with Crippen LogP contribution in [0.1, 0.15) is 12.0 Å². The summed E-state index contributed by atoms with van der Waals surface area (Å²) in [5.41, 5.74) is 5.99. The molecule has 1 aromatic rings. The molecule has 0 unspecified atom stereocenters. The average Bonchev–Trinajstić information content (AvgIpc) is 2.38. The predicted molar refractivity (Wildman–Crippen MR) is 71.1 cm³/mol. The molecule has 3 rings (SSSR count). The standard InChI is InChI=1S/C13H15FN2OS/c14-11-4-2-1-3-10(11)13-5-6-17-7-9(13)8-18-12(15)16-13/h1-4,9H,5-8H2,(H2,15,16)/t9-,13+/m0/s1. The molecule has 0 aromatic heterocycles. The molecule has 2 aliphatic rings. The second-order valence-electron chi connectivity index (χ2n) is 4.69. The Balaban J connectivity index is 2.13. The highest BCUT2D eigenvalue weighted by atomic mass is 32.2. The van der Waals surface area contributed by atoms with Gasteiger partial charge in [-0.15, -0.1) is 0 Å². The molecule has 0 spiro atoms. The zero-order valence-corrected chi connectivity index (χ0v) is 10.8. The zero-order valence-electron chi connectivity index (χ0n) is 9.93. The first-order chi connectivity index (χ1) is 8.72. The smallest absolute Gasteiger partial charge is 0.154 e. The van der Waals surface area contributed by atoms with E-state index in [1.165, 1.54) is 17.8 Å². The van der Waals surface area contributed by atoms with E-state index in [0.717, 1.165) is 5.75 Å². The minimum atomic E-state index is -0.529. The van der Waals surface area contributed by atoms with E-state index in [0.29, 0.717) is 30.4 Å². The molecule has 0 amide bonds. The maximum atomic E-state index is 14.1. The van der Waals surface area contributed by atoms with Crippen molar-refractivity contribution in [3.05, 3.63) is 35.6 Å². The van der Waals surface area contributed by atoms with Crippen LogP contribution in [0.5, 0.6) is 0 Å². The Morgan fingerprint density at radius 3 is 3.11 bits per heavy atom. The van der Waals surface area contributed by atoms with Crippen LogP contribution in [-0.4, -0.2) is 24.1 Å². The number of thioether (sulfide) groups is 1. The van der Waals surface area contributed by atoms with Crippen molar-refractivity contribution in [3.8, 4) is 0 Å². The third-order valence-electron chi connectivity index (χ3n) is 3.70. The highest BCUT2D eigenvalue weighted by molar-refractivity contribution is 8.13. The van der Waals surface area contributed by atoms with E-state index >= 15 is 0 Å². The first kappa shape index (κ1) is 12.0. The fraction of sp³-hybridized carbons (Fsp3) is 0.462. The molecule has 0 aliphatic carbocycles. The summed E-state index contributed by atoms with van der Waals surface area (Å²) in [5, 5.41) is 0.552. The topological polar surface area (TPSA) is 47.6 Å². The number of hydrogen-bond acceptors (Lipinski definition) is 4. The van der Waals surface area contributed by atoms with E-state index in [1.807, 2.05) is 12.1 Å². The second kappa shape index (κ2) is 4.55. The van der Waals surface area contributed by atoms with Gasteiger partial charge in [0.05, 0.1) is 12.1 Å². The molecule has 96 valence electrons. The molecule has 1 saturated heterocycles. The molecule has 2 N–H and O–H groups in total. The van der Waals surface area contributed by atoms with Crippen LogP contribution in [0.3, 0.4) is 0 Å². The minimum Gasteiger partial charge on any atom is -0.381 e. The van der Waals surface area contributed by atoms with Gasteiger partial charge in [0.2, 0.25) is 0 Å². The third-order valence-corrected chi connectivity index (χ3v) is 4.66. The molecule has 0 bridgehead atoms. The van der Waals surface area contributed by atoms with Gasteiger partial charge in [-0.25, -0.2) is 4.39 Å². The lowest BCUT2D eigenvalue weighted by Crippen LogP contribution is -2.47. The Bertz CT molecular complexity index is 494. The summed E-state index contributed by atoms with van der Waals surface area (Å²) in [4.78, 5) is 4.60. The van der Waals surface area contributed by atoms with Crippen LogP contribution in [0.15, 0.2) is 29.3 Å². The lowest BCUT2D eigenvalue weighted by atomic mass is 9.75. The quantitative estimate of drug-likeness (QED) is 0.847. The molecule has 0 radical (unpaired) electrons. The van der Waals surface area contributed by atoms with Gasteiger partial charge in [-0.1, -0.05) is 30.0 Å². The molecule has 5 heteroatoms. The van der Waals surface area contributed by atoms with Crippen LogP contribution in [0, 0.1) is 11.7 Å². The molecule has 18 heavy (non-hydrogen) atoms. The summed E-state index contributed by atoms with van der Waals surface area (Å²) < 4.78 is 19.6. The monoisotopic (exact) mass is 266 g/mol. The van der Waals surface area contributed by atoms with Crippen LogP contribution in [0.25, 0.3) is 0 Å². The second-order valence-corrected chi connectivity index (χ2v) is 5.73. The van der Waals surface area contributed by atoms with Crippen molar-refractivity contribution < 1.29 is 9.13 Å². The van der Waals surface area contributed by atoms with E-state index in [1.54, 1.807) is 6.07 Å². The van der Waals surface area contributed by atoms with Gasteiger partial charge in [-0.05, 0) is 6.07 Å². The molecule has 0 saturated carbocycles. The normalized spacial score (nSPS) is 31.6. The van der Waals surface area contributed by atoms with Crippen LogP contribution >= 0.6 is 11.8 Å². The van der Waals surface area contributed by atoms with Gasteiger partial charge in [0.15, 0.2) is 5.17 Å². The number of ether oxygens (including phenoxy) is 1. The van der Waals surface area contributed by atoms with Gasteiger partial charge in [-0.3, -0.25) is 4.99 Å². The maximum absolute atomic E-state index is 14.1. The zero-order chi connectivity index (χ0) is 12.6. The number of halogens is 1. The summed E-state index contributed by atoms with van der Waals surface area (Å²) in [6, 6.07) is 6.87. The number of hydrogen-bond donors (Lipinski definition) is 1. The van der Waals surface area contributed by atoms with Gasteiger partial charge in [-0.2, -0.15) is 0 Å². The fourth-order valence-corrected chi connectivity index (χ4v) is 3.74. The SMILES string of the molecule is NC1=N[C@]2(c3ccccc3F)CCOC[C@H]2CS1. The number of rotatable bonds is 1. The van der Waals surface area contributed by atoms with Crippen molar-refractivity contribution in [3.63, 3.8) is 0 Å². The van der Waals surface area contributed by atoms with Crippen molar-refractivity contribution in [2.45, 2.75) is 12.0 Å². The molecular formula is C13H15FN2OS. The Hall–Kier alpha value is -1.07. The van der Waals surface area contributed by atoms with E-state index in [-0.39, 0.29) is 11.7 Å². The lowest BCUT2D eigenvalue weighted by molar-refractivity contribution is 0.00885. The summed E-state index contributed by atoms with van der Waals surface area (Å²) >= 11 is 1.53. The molecule has 2 atom stereocenters. The number of benzene rings is 1. The molecule has 1 aromatic carbocycles. The van der Waals surface area contributed by atoms with Crippen molar-refractivity contribution >= 4 is 16.9 Å². The Kier molecular flexibility index (Phi) is 3.03. The van der Waals surface area contributed by atoms with Gasteiger partial charge in [0, 0.05) is 30.3 Å². The number of aliphatic imine (C=N–C) groups is 1. The average molecular weight is 266 g/mol. The van der Waals surface area contributed by atoms with Crippen LogP contribution in [-0.2, 0) is 10.3 Å². The highest BCUT2D eigenvalue weighted by Crippen LogP contribution is 2.45. The lowest BCUT2D eigenvalue weighted by Gasteiger charge is -2.43. The molecule has 2 heterocycles. The summed E-state index contributed by atoms with van der Waals surface area (Å²) in [5.74, 6) is 0.831. The van der Waals surface area contributed by atoms with Crippen LogP contribution < -0.4 is 5.73 Å². The van der Waals surface area contributed by atoms with Crippen molar-refractivity contribution in [2.24, 2.45) is 16.6 Å². The maximum Gasteiger partial charge on any atom is 0.154 e. The Morgan fingerprint density at radius 1 is 1.44 bits per heavy atom. The first-order valence-corrected chi connectivity index (χ1v) is 7.02. The number of fused-ring (bicyclic) bond motifs is 1. The van der Waals surface area contributed by atoms with Crippen LogP contribution in [0.4, 0.5) is 4.39 Å². The number of nitrogens with zero attached hydrogens (tertiary/aromatic N) is 1. The fourth-order valence-electron chi connectivity index (χ4n) is 2.77. The highest BCUT2D eigenvalue weighted by Gasteiger charge is 2.46. The van der Waals surface area contributed by atoms with Crippen molar-refractivity contribution in [1.29, 1.82) is 0 Å². The van der Waals surface area contributed by atoms with E-state index < -0.39 is 5.54 Å². The molecular weight excluding hydrogens is 251 g/mol. The van der Waals surface area contributed by atoms with Crippen LogP contribution in [0.2, 0.25) is 0 Å². The van der Waals surface area contributed by atoms with E-state index in [2.05, 4.69) is 4.99 Å². The predicted octanol–water partition coefficient (Wildman–Crippen LogP) is 2.12. The number of nitrogens with two attached hydrogens (primary N) is 1. The van der Waals surface area contributed by atoms with Gasteiger partial charge in [0.1, 0.15) is 5.82 Å². The first-order valence-electron chi connectivity index (χ1n) is 6.03. The van der Waals surface area contributed by atoms with E-state index in [4.69, 9.17) is 10.5 Å². The van der Waals surface area contributed by atoms with Gasteiger partial charge >= 0.3 is 0 Å². The molecule has 2 aliphatic heterocycles. The molecule has 3 nitrogen and oxygen atoms in total. The van der Waals surface area contributed by atoms with Crippen molar-refractivity contribution in [1.82, 2.24) is 0 Å². The Labute approximate surface area is 110 Å². The van der Waals surface area contributed by atoms with Crippen molar-refractivity contribution in [2.75, 3.05) is 19.0 Å². The largest absolute Gasteiger partial charge is 0.381 e.